The van der Waals surface area contributed by atoms with Gasteiger partial charge in [0.15, 0.2) is 5.17 Å². The Labute approximate surface area is 247 Å². The van der Waals surface area contributed by atoms with Crippen LogP contribution in [0.25, 0.3) is 0 Å². The number of thioether (sulfide) groups is 1. The lowest BCUT2D eigenvalue weighted by Crippen LogP contribution is -2.28. The van der Waals surface area contributed by atoms with Gasteiger partial charge in [-0.25, -0.2) is 4.99 Å². The van der Waals surface area contributed by atoms with E-state index in [1.54, 1.807) is 26.0 Å². The first-order valence-corrected chi connectivity index (χ1v) is 13.9. The zero-order chi connectivity index (χ0) is 26.7. The average molecular weight is 606 g/mol. The van der Waals surface area contributed by atoms with Gasteiger partial charge in [-0.05, 0) is 65.4 Å². The zero-order valence-corrected chi connectivity index (χ0v) is 25.6. The third-order valence-electron chi connectivity index (χ3n) is 6.46. The number of amidine groups is 1. The van der Waals surface area contributed by atoms with Crippen molar-refractivity contribution in [3.63, 3.8) is 0 Å². The van der Waals surface area contributed by atoms with Gasteiger partial charge in [-0.2, -0.15) is 0 Å². The van der Waals surface area contributed by atoms with Crippen LogP contribution in [0.2, 0.25) is 0 Å². The summed E-state index contributed by atoms with van der Waals surface area (Å²) >= 11 is 1.79. The number of hydrogen-bond donors (Lipinski definition) is 0. The van der Waals surface area contributed by atoms with E-state index in [2.05, 4.69) is 91.5 Å². The molecule has 0 aliphatic carbocycles. The molecule has 39 heavy (non-hydrogen) atoms. The van der Waals surface area contributed by atoms with E-state index in [1.807, 2.05) is 24.3 Å². The summed E-state index contributed by atoms with van der Waals surface area (Å²) < 4.78 is 10.8. The fourth-order valence-electron chi connectivity index (χ4n) is 4.27. The quantitative estimate of drug-likeness (QED) is 0.134. The second-order valence-corrected chi connectivity index (χ2v) is 10.1. The molecule has 0 aromatic heterocycles. The van der Waals surface area contributed by atoms with Crippen molar-refractivity contribution in [1.29, 1.82) is 0 Å². The molecule has 0 fully saturated rings. The molecule has 0 aliphatic rings. The molecule has 0 unspecified atom stereocenters. The van der Waals surface area contributed by atoms with Crippen molar-refractivity contribution >= 4 is 39.6 Å². The van der Waals surface area contributed by atoms with Gasteiger partial charge in [0.2, 0.25) is 0 Å². The van der Waals surface area contributed by atoms with Crippen molar-refractivity contribution in [1.82, 2.24) is 4.90 Å². The van der Waals surface area contributed by atoms with E-state index in [0.717, 1.165) is 47.6 Å². The number of para-hydroxylation sites is 1. The Bertz CT molecular complexity index is 1280. The third-order valence-corrected chi connectivity index (χ3v) is 7.54. The highest BCUT2D eigenvalue weighted by Crippen LogP contribution is 2.30. The van der Waals surface area contributed by atoms with Crippen molar-refractivity contribution < 1.29 is 9.47 Å². The lowest BCUT2D eigenvalue weighted by atomic mass is 10.1. The molecule has 0 saturated heterocycles. The Morgan fingerprint density at radius 3 is 1.79 bits per heavy atom. The number of aryl methyl sites for hydroxylation is 2. The first-order valence-electron chi connectivity index (χ1n) is 12.9. The molecule has 4 nitrogen and oxygen atoms in total. The van der Waals surface area contributed by atoms with Gasteiger partial charge in [-0.3, -0.25) is 0 Å². The van der Waals surface area contributed by atoms with E-state index in [9.17, 15) is 0 Å². The van der Waals surface area contributed by atoms with Gasteiger partial charge < -0.3 is 14.4 Å². The van der Waals surface area contributed by atoms with Gasteiger partial charge >= 0.3 is 0 Å². The summed E-state index contributed by atoms with van der Waals surface area (Å²) in [6, 6.07) is 33.6. The number of ether oxygens (including phenoxy) is 2. The van der Waals surface area contributed by atoms with Crippen LogP contribution in [0.5, 0.6) is 11.5 Å². The molecule has 0 N–H and O–H groups in total. The van der Waals surface area contributed by atoms with Gasteiger partial charge in [0, 0.05) is 18.8 Å². The molecule has 4 aromatic carbocycles. The second kappa shape index (κ2) is 15.4. The summed E-state index contributed by atoms with van der Waals surface area (Å²) in [5.41, 5.74) is 7.20. The van der Waals surface area contributed by atoms with E-state index >= 15 is 0 Å². The highest BCUT2D eigenvalue weighted by molar-refractivity contribution is 8.93. The zero-order valence-electron chi connectivity index (χ0n) is 23.1. The Morgan fingerprint density at radius 1 is 0.718 bits per heavy atom. The van der Waals surface area contributed by atoms with Crippen molar-refractivity contribution in [2.75, 3.05) is 14.2 Å². The summed E-state index contributed by atoms with van der Waals surface area (Å²) in [7, 11) is 3.40. The Kier molecular flexibility index (Phi) is 12.0. The standard InChI is InChI=1S/C33H36N2O2S.BrH/c1-5-29-13-9-10-25(2)32(29)34-33(38-24-28-11-7-6-8-12-28)35(22-26-14-18-30(36-3)19-15-26)23-27-16-20-31(37-4)21-17-27;/h6-21H,5,22-24H2,1-4H3;1H. The fraction of sp³-hybridized carbons (Fsp3) is 0.242. The molecule has 0 aliphatic heterocycles. The van der Waals surface area contributed by atoms with Crippen molar-refractivity contribution in [3.05, 3.63) is 125 Å². The molecule has 0 atom stereocenters. The molecule has 0 bridgehead atoms. The molecular formula is C33H37BrN2O2S. The van der Waals surface area contributed by atoms with Crippen molar-refractivity contribution in [2.24, 2.45) is 4.99 Å². The summed E-state index contributed by atoms with van der Waals surface area (Å²) in [6.07, 6.45) is 0.939. The Morgan fingerprint density at radius 2 is 1.28 bits per heavy atom. The Hall–Kier alpha value is -3.22. The number of rotatable bonds is 10. The number of aliphatic imine (C=N–C) groups is 1. The van der Waals surface area contributed by atoms with Crippen molar-refractivity contribution in [3.8, 4) is 11.5 Å². The largest absolute Gasteiger partial charge is 0.497 e. The first-order chi connectivity index (χ1) is 18.6. The van der Waals surface area contributed by atoms with Gasteiger partial charge in [0.05, 0.1) is 19.9 Å². The van der Waals surface area contributed by atoms with Crippen LogP contribution in [-0.4, -0.2) is 24.3 Å². The molecule has 4 rings (SSSR count). The average Bonchev–Trinajstić information content (AvgIpc) is 2.97. The predicted molar refractivity (Wildman–Crippen MR) is 171 cm³/mol. The predicted octanol–water partition coefficient (Wildman–Crippen LogP) is 8.78. The smallest absolute Gasteiger partial charge is 0.165 e. The maximum atomic E-state index is 5.39. The molecule has 4 aromatic rings. The number of benzene rings is 4. The van der Waals surface area contributed by atoms with Crippen LogP contribution < -0.4 is 9.47 Å². The molecule has 6 heteroatoms. The fourth-order valence-corrected chi connectivity index (χ4v) is 5.23. The van der Waals surface area contributed by atoms with Gasteiger partial charge in [0.1, 0.15) is 11.5 Å². The SMILES string of the molecule is Br.CCc1cccc(C)c1N=C(SCc1ccccc1)N(Cc1ccc(OC)cc1)Cc1ccc(OC)cc1. The number of hydrogen-bond acceptors (Lipinski definition) is 4. The normalized spacial score (nSPS) is 11.0. The van der Waals surface area contributed by atoms with E-state index < -0.39 is 0 Å². The minimum atomic E-state index is 0. The molecule has 0 saturated carbocycles. The van der Waals surface area contributed by atoms with Crippen LogP contribution >= 0.6 is 28.7 Å². The molecular weight excluding hydrogens is 568 g/mol. The molecule has 0 spiro atoms. The topological polar surface area (TPSA) is 34.1 Å². The monoisotopic (exact) mass is 604 g/mol. The number of halogens is 1. The molecule has 0 radical (unpaired) electrons. The number of methoxy groups -OCH3 is 2. The van der Waals surface area contributed by atoms with E-state index in [0.29, 0.717) is 0 Å². The van der Waals surface area contributed by atoms with E-state index in [4.69, 9.17) is 14.5 Å². The van der Waals surface area contributed by atoms with E-state index in [1.165, 1.54) is 27.8 Å². The van der Waals surface area contributed by atoms with Crippen LogP contribution in [0.3, 0.4) is 0 Å². The van der Waals surface area contributed by atoms with Gasteiger partial charge in [-0.15, -0.1) is 17.0 Å². The lowest BCUT2D eigenvalue weighted by Gasteiger charge is -2.27. The van der Waals surface area contributed by atoms with Crippen molar-refractivity contribution in [2.45, 2.75) is 39.1 Å². The van der Waals surface area contributed by atoms with Crippen LogP contribution in [0.4, 0.5) is 5.69 Å². The van der Waals surface area contributed by atoms with Crippen LogP contribution in [0.1, 0.15) is 34.7 Å². The molecule has 0 amide bonds. The highest BCUT2D eigenvalue weighted by atomic mass is 79.9. The molecule has 0 heterocycles. The minimum absolute atomic E-state index is 0. The summed E-state index contributed by atoms with van der Waals surface area (Å²) in [5.74, 6) is 2.56. The maximum Gasteiger partial charge on any atom is 0.165 e. The maximum absolute atomic E-state index is 5.39. The summed E-state index contributed by atoms with van der Waals surface area (Å²) in [5, 5.41) is 1.00. The third kappa shape index (κ3) is 8.64. The first kappa shape index (κ1) is 30.3. The van der Waals surface area contributed by atoms with Crippen LogP contribution in [0, 0.1) is 6.92 Å². The molecule has 204 valence electrons. The minimum Gasteiger partial charge on any atom is -0.497 e. The summed E-state index contributed by atoms with van der Waals surface area (Å²) in [4.78, 5) is 7.74. The lowest BCUT2D eigenvalue weighted by molar-refractivity contribution is 0.405. The van der Waals surface area contributed by atoms with Gasteiger partial charge in [-0.1, -0.05) is 91.5 Å². The Balaban J connectivity index is 0.00000420. The van der Waals surface area contributed by atoms with Gasteiger partial charge in [0.25, 0.3) is 0 Å². The van der Waals surface area contributed by atoms with E-state index in [-0.39, 0.29) is 17.0 Å². The number of nitrogens with zero attached hydrogens (tertiary/aromatic N) is 2. The summed E-state index contributed by atoms with van der Waals surface area (Å²) in [6.45, 7) is 5.79. The van der Waals surface area contributed by atoms with Crippen LogP contribution in [-0.2, 0) is 25.3 Å². The van der Waals surface area contributed by atoms with Crippen LogP contribution in [0.15, 0.2) is 102 Å². The second-order valence-electron chi connectivity index (χ2n) is 9.16. The highest BCUT2D eigenvalue weighted by Gasteiger charge is 2.17.